The minimum Gasteiger partial charge on any atom is -0.351 e. The summed E-state index contributed by atoms with van der Waals surface area (Å²) in [5.74, 6) is 2.18. The molecule has 1 unspecified atom stereocenters. The Morgan fingerprint density at radius 3 is 2.86 bits per heavy atom. The van der Waals surface area contributed by atoms with E-state index >= 15 is 0 Å². The monoisotopic (exact) mass is 210 g/mol. The largest absolute Gasteiger partial charge is 0.351 e. The minimum atomic E-state index is -0.651. The van der Waals surface area contributed by atoms with Crippen LogP contribution in [0.25, 0.3) is 0 Å². The Labute approximate surface area is 88.2 Å². The average molecular weight is 210 g/mol. The zero-order valence-electron chi connectivity index (χ0n) is 8.08. The van der Waals surface area contributed by atoms with Gasteiger partial charge in [0.2, 0.25) is 5.91 Å². The Morgan fingerprint density at radius 1 is 1.57 bits per heavy atom. The number of hydrogen-bond acceptors (Lipinski definition) is 3. The molecular weight excluding hydrogens is 196 g/mol. The summed E-state index contributed by atoms with van der Waals surface area (Å²) in [5, 5.41) is 11.8. The molecular formula is C10H14N2OS. The highest BCUT2D eigenvalue weighted by Crippen LogP contribution is 2.45. The third-order valence-electron chi connectivity index (χ3n) is 2.89. The summed E-state index contributed by atoms with van der Waals surface area (Å²) < 4.78 is 0. The van der Waals surface area contributed by atoms with Gasteiger partial charge in [-0.15, -0.1) is 0 Å². The summed E-state index contributed by atoms with van der Waals surface area (Å²) in [6.45, 7) is 0. The molecule has 2 aliphatic rings. The molecule has 1 aliphatic heterocycles. The SMILES string of the molecule is N#CC1(C(=O)NC2CCCSC2)CC1. The van der Waals surface area contributed by atoms with Crippen LogP contribution in [0.1, 0.15) is 25.7 Å². The van der Waals surface area contributed by atoms with Crippen LogP contribution >= 0.6 is 11.8 Å². The molecule has 76 valence electrons. The molecule has 0 aromatic rings. The standard InChI is InChI=1S/C10H14N2OS/c11-7-10(3-4-10)9(13)12-8-2-1-5-14-6-8/h8H,1-6H2,(H,12,13). The highest BCUT2D eigenvalue weighted by atomic mass is 32.2. The van der Waals surface area contributed by atoms with Crippen LogP contribution in [0.15, 0.2) is 0 Å². The van der Waals surface area contributed by atoms with Crippen LogP contribution in [0, 0.1) is 16.7 Å². The van der Waals surface area contributed by atoms with E-state index in [2.05, 4.69) is 11.4 Å². The number of carbonyl (C=O) groups is 1. The molecule has 1 saturated heterocycles. The zero-order valence-corrected chi connectivity index (χ0v) is 8.90. The lowest BCUT2D eigenvalue weighted by molar-refractivity contribution is -0.125. The lowest BCUT2D eigenvalue weighted by atomic mass is 10.1. The maximum Gasteiger partial charge on any atom is 0.240 e. The maximum absolute atomic E-state index is 11.7. The van der Waals surface area contributed by atoms with Crippen LogP contribution in [-0.2, 0) is 4.79 Å². The van der Waals surface area contributed by atoms with Crippen molar-refractivity contribution in [2.45, 2.75) is 31.7 Å². The minimum absolute atomic E-state index is 0.0347. The van der Waals surface area contributed by atoms with Crippen molar-refractivity contribution in [3.8, 4) is 6.07 Å². The fraction of sp³-hybridized carbons (Fsp3) is 0.800. The molecule has 0 bridgehead atoms. The summed E-state index contributed by atoms with van der Waals surface area (Å²) in [5.41, 5.74) is -0.651. The predicted molar refractivity (Wildman–Crippen MR) is 55.8 cm³/mol. The molecule has 1 amide bonds. The van der Waals surface area contributed by atoms with Crippen molar-refractivity contribution in [1.29, 1.82) is 5.26 Å². The molecule has 0 aromatic carbocycles. The highest BCUT2D eigenvalue weighted by Gasteiger charge is 2.51. The molecule has 3 nitrogen and oxygen atoms in total. The second-order valence-corrected chi connectivity index (χ2v) is 5.23. The highest BCUT2D eigenvalue weighted by molar-refractivity contribution is 7.99. The second kappa shape index (κ2) is 3.82. The number of hydrogen-bond donors (Lipinski definition) is 1. The molecule has 1 heterocycles. The quantitative estimate of drug-likeness (QED) is 0.747. The summed E-state index contributed by atoms with van der Waals surface area (Å²) >= 11 is 1.89. The van der Waals surface area contributed by atoms with Crippen molar-refractivity contribution in [2.75, 3.05) is 11.5 Å². The van der Waals surface area contributed by atoms with Gasteiger partial charge in [-0.1, -0.05) is 0 Å². The molecule has 1 saturated carbocycles. The van der Waals surface area contributed by atoms with Gasteiger partial charge in [-0.05, 0) is 31.4 Å². The number of carbonyl (C=O) groups excluding carboxylic acids is 1. The lowest BCUT2D eigenvalue weighted by Gasteiger charge is -2.23. The number of thioether (sulfide) groups is 1. The van der Waals surface area contributed by atoms with Crippen molar-refractivity contribution < 1.29 is 4.79 Å². The first kappa shape index (κ1) is 9.85. The van der Waals surface area contributed by atoms with E-state index in [1.165, 1.54) is 12.2 Å². The third kappa shape index (κ3) is 1.88. The Balaban J connectivity index is 1.85. The van der Waals surface area contributed by atoms with Gasteiger partial charge in [-0.2, -0.15) is 17.0 Å². The molecule has 14 heavy (non-hydrogen) atoms. The van der Waals surface area contributed by atoms with Gasteiger partial charge in [0.1, 0.15) is 5.41 Å². The number of nitrogens with one attached hydrogen (secondary N) is 1. The third-order valence-corrected chi connectivity index (χ3v) is 4.11. The van der Waals surface area contributed by atoms with Crippen molar-refractivity contribution in [1.82, 2.24) is 5.32 Å². The van der Waals surface area contributed by atoms with Crippen molar-refractivity contribution >= 4 is 17.7 Å². The first-order chi connectivity index (χ1) is 6.77. The van der Waals surface area contributed by atoms with E-state index < -0.39 is 5.41 Å². The molecule has 1 aliphatic carbocycles. The van der Waals surface area contributed by atoms with Gasteiger partial charge in [0.25, 0.3) is 0 Å². The van der Waals surface area contributed by atoms with E-state index in [1.54, 1.807) is 0 Å². The van der Waals surface area contributed by atoms with E-state index in [1.807, 2.05) is 11.8 Å². The topological polar surface area (TPSA) is 52.9 Å². The van der Waals surface area contributed by atoms with E-state index in [-0.39, 0.29) is 5.91 Å². The fourth-order valence-corrected chi connectivity index (χ4v) is 2.76. The number of amides is 1. The first-order valence-electron chi connectivity index (χ1n) is 5.07. The van der Waals surface area contributed by atoms with E-state index in [0.717, 1.165) is 25.0 Å². The average Bonchev–Trinajstić information content (AvgIpc) is 3.00. The summed E-state index contributed by atoms with van der Waals surface area (Å²) in [7, 11) is 0. The lowest BCUT2D eigenvalue weighted by Crippen LogP contribution is -2.42. The van der Waals surface area contributed by atoms with Crippen LogP contribution in [0.4, 0.5) is 0 Å². The van der Waals surface area contributed by atoms with Gasteiger partial charge in [0.15, 0.2) is 0 Å². The molecule has 2 rings (SSSR count). The van der Waals surface area contributed by atoms with Crippen LogP contribution < -0.4 is 5.32 Å². The number of nitriles is 1. The Hall–Kier alpha value is -0.690. The van der Waals surface area contributed by atoms with Crippen molar-refractivity contribution in [3.63, 3.8) is 0 Å². The maximum atomic E-state index is 11.7. The van der Waals surface area contributed by atoms with Gasteiger partial charge in [-0.3, -0.25) is 4.79 Å². The Bertz CT molecular complexity index is 274. The van der Waals surface area contributed by atoms with E-state index in [0.29, 0.717) is 6.04 Å². The zero-order chi connectivity index (χ0) is 10.0. The summed E-state index contributed by atoms with van der Waals surface area (Å²) in [6.07, 6.45) is 3.74. The molecule has 1 N–H and O–H groups in total. The van der Waals surface area contributed by atoms with E-state index in [9.17, 15) is 4.79 Å². The van der Waals surface area contributed by atoms with Crippen LogP contribution in [-0.4, -0.2) is 23.5 Å². The predicted octanol–water partition coefficient (Wildman–Crippen LogP) is 1.30. The van der Waals surface area contributed by atoms with Gasteiger partial charge >= 0.3 is 0 Å². The van der Waals surface area contributed by atoms with Gasteiger partial charge < -0.3 is 5.32 Å². The Kier molecular flexibility index (Phi) is 2.69. The first-order valence-corrected chi connectivity index (χ1v) is 6.22. The van der Waals surface area contributed by atoms with Crippen molar-refractivity contribution in [3.05, 3.63) is 0 Å². The van der Waals surface area contributed by atoms with Crippen molar-refractivity contribution in [2.24, 2.45) is 5.41 Å². The van der Waals surface area contributed by atoms with Crippen LogP contribution in [0.2, 0.25) is 0 Å². The van der Waals surface area contributed by atoms with Crippen LogP contribution in [0.5, 0.6) is 0 Å². The molecule has 2 fully saturated rings. The number of rotatable bonds is 2. The van der Waals surface area contributed by atoms with Gasteiger partial charge in [0.05, 0.1) is 6.07 Å². The normalized spacial score (nSPS) is 28.9. The summed E-state index contributed by atoms with van der Waals surface area (Å²) in [4.78, 5) is 11.7. The second-order valence-electron chi connectivity index (χ2n) is 4.08. The van der Waals surface area contributed by atoms with Gasteiger partial charge in [0, 0.05) is 11.8 Å². The molecule has 4 heteroatoms. The smallest absolute Gasteiger partial charge is 0.240 e. The van der Waals surface area contributed by atoms with E-state index in [4.69, 9.17) is 5.26 Å². The number of nitrogens with zero attached hydrogens (tertiary/aromatic N) is 1. The molecule has 0 radical (unpaired) electrons. The summed E-state index contributed by atoms with van der Waals surface area (Å²) in [6, 6.07) is 2.42. The Morgan fingerprint density at radius 2 is 2.36 bits per heavy atom. The van der Waals surface area contributed by atoms with Crippen LogP contribution in [0.3, 0.4) is 0 Å². The molecule has 1 atom stereocenters. The molecule has 0 spiro atoms. The molecule has 0 aromatic heterocycles. The van der Waals surface area contributed by atoms with Gasteiger partial charge in [-0.25, -0.2) is 0 Å². The fourth-order valence-electron chi connectivity index (χ4n) is 1.69.